The first kappa shape index (κ1) is 13.1. The molecule has 2 aliphatic carbocycles. The van der Waals surface area contributed by atoms with Crippen molar-refractivity contribution in [2.45, 2.75) is 32.1 Å². The molecular weight excluding hydrogens is 288 g/mol. The Morgan fingerprint density at radius 3 is 2.90 bits per heavy atom. The third-order valence-corrected chi connectivity index (χ3v) is 5.04. The molecule has 1 aromatic carbocycles. The van der Waals surface area contributed by atoms with Gasteiger partial charge in [-0.25, -0.2) is 0 Å². The van der Waals surface area contributed by atoms with Crippen molar-refractivity contribution in [3.05, 3.63) is 33.7 Å². The number of allylic oxidation sites excluding steroid dienone is 1. The minimum atomic E-state index is 0.0201. The molecule has 0 radical (unpaired) electrons. The molecule has 21 heavy (non-hydrogen) atoms. The molecule has 4 heteroatoms. The van der Waals surface area contributed by atoms with Crippen LogP contribution in [0.3, 0.4) is 0 Å². The van der Waals surface area contributed by atoms with Gasteiger partial charge in [0.25, 0.3) is 0 Å². The van der Waals surface area contributed by atoms with E-state index in [9.17, 15) is 5.11 Å². The molecule has 0 saturated heterocycles. The third-order valence-electron chi connectivity index (χ3n) is 4.74. The zero-order chi connectivity index (χ0) is 14.7. The molecule has 0 amide bonds. The summed E-state index contributed by atoms with van der Waals surface area (Å²) in [5.74, 6) is 1.83. The number of benzene rings is 1. The number of rotatable bonds is 1. The van der Waals surface area contributed by atoms with Gasteiger partial charge in [0.2, 0.25) is 6.79 Å². The Labute approximate surface area is 128 Å². The van der Waals surface area contributed by atoms with Crippen molar-refractivity contribution < 1.29 is 14.6 Å². The summed E-state index contributed by atoms with van der Waals surface area (Å²) in [5, 5.41) is 14.2. The molecule has 0 aromatic heterocycles. The lowest BCUT2D eigenvalue weighted by atomic mass is 9.87. The third kappa shape index (κ3) is 1.73. The Bertz CT molecular complexity index is 789. The first-order chi connectivity index (χ1) is 10.1. The topological polar surface area (TPSA) is 41.5 Å². The van der Waals surface area contributed by atoms with E-state index in [0.29, 0.717) is 12.2 Å². The van der Waals surface area contributed by atoms with E-state index in [0.717, 1.165) is 28.2 Å². The summed E-state index contributed by atoms with van der Waals surface area (Å²) in [5.41, 5.74) is 3.64. The lowest BCUT2D eigenvalue weighted by Gasteiger charge is -2.25. The quantitative estimate of drug-likeness (QED) is 0.737. The van der Waals surface area contributed by atoms with E-state index in [1.807, 2.05) is 19.1 Å². The average molecular weight is 304 g/mol. The maximum atomic E-state index is 12.5. The van der Waals surface area contributed by atoms with E-state index >= 15 is 0 Å². The van der Waals surface area contributed by atoms with Crippen molar-refractivity contribution in [3.63, 3.8) is 0 Å². The molecule has 2 atom stereocenters. The summed E-state index contributed by atoms with van der Waals surface area (Å²) < 4.78 is 11.1. The van der Waals surface area contributed by atoms with Crippen LogP contribution in [-0.2, 0) is 0 Å². The maximum absolute atomic E-state index is 12.5. The number of hydrogen-bond acceptors (Lipinski definition) is 3. The van der Waals surface area contributed by atoms with Crippen LogP contribution in [0.15, 0.2) is 23.3 Å². The van der Waals surface area contributed by atoms with E-state index in [-0.39, 0.29) is 23.8 Å². The van der Waals surface area contributed by atoms with E-state index in [4.69, 9.17) is 21.1 Å². The highest BCUT2D eigenvalue weighted by molar-refractivity contribution is 6.21. The molecule has 3 nitrogen and oxygen atoms in total. The maximum Gasteiger partial charge on any atom is 0.231 e. The van der Waals surface area contributed by atoms with E-state index in [1.54, 1.807) is 0 Å². The van der Waals surface area contributed by atoms with Gasteiger partial charge < -0.3 is 14.6 Å². The largest absolute Gasteiger partial charge is 0.875 e. The van der Waals surface area contributed by atoms with Crippen LogP contribution in [0.4, 0.5) is 0 Å². The fourth-order valence-corrected chi connectivity index (χ4v) is 3.93. The summed E-state index contributed by atoms with van der Waals surface area (Å²) in [7, 11) is 0. The summed E-state index contributed by atoms with van der Waals surface area (Å²) in [6, 6.07) is 3.69. The number of halogens is 1. The van der Waals surface area contributed by atoms with Gasteiger partial charge in [-0.05, 0) is 49.1 Å². The highest BCUT2D eigenvalue weighted by atomic mass is 35.5. The highest BCUT2D eigenvalue weighted by Crippen LogP contribution is 2.44. The minimum Gasteiger partial charge on any atom is -0.875 e. The van der Waals surface area contributed by atoms with Gasteiger partial charge in [-0.15, -0.1) is 17.4 Å². The lowest BCUT2D eigenvalue weighted by Crippen LogP contribution is -2.38. The first-order valence-electron chi connectivity index (χ1n) is 7.24. The first-order valence-corrected chi connectivity index (χ1v) is 7.67. The Morgan fingerprint density at radius 1 is 1.33 bits per heavy atom. The Balaban J connectivity index is 2.16. The lowest BCUT2D eigenvalue weighted by molar-refractivity contribution is -0.251. The number of alkyl halides is 1. The summed E-state index contributed by atoms with van der Waals surface area (Å²) >= 11 is 6.42. The van der Waals surface area contributed by atoms with E-state index < -0.39 is 0 Å². The molecule has 1 aliphatic heterocycles. The zero-order valence-electron chi connectivity index (χ0n) is 12.0. The van der Waals surface area contributed by atoms with Crippen LogP contribution in [0.1, 0.15) is 26.7 Å². The molecule has 1 heterocycles. The highest BCUT2D eigenvalue weighted by Gasteiger charge is 2.34. The number of fused-ring (bicyclic) bond motifs is 4. The summed E-state index contributed by atoms with van der Waals surface area (Å²) in [6.45, 7) is 4.34. The van der Waals surface area contributed by atoms with Gasteiger partial charge in [0, 0.05) is 16.5 Å². The second-order valence-corrected chi connectivity index (χ2v) is 6.67. The van der Waals surface area contributed by atoms with Crippen molar-refractivity contribution in [2.75, 3.05) is 6.79 Å². The van der Waals surface area contributed by atoms with Crippen molar-refractivity contribution in [1.29, 1.82) is 0 Å². The fraction of sp³-hybridized carbons (Fsp3) is 0.412. The summed E-state index contributed by atoms with van der Waals surface area (Å²) in [6.07, 6.45) is 1.40. The van der Waals surface area contributed by atoms with Crippen LogP contribution in [0.25, 0.3) is 11.3 Å². The fourth-order valence-electron chi connectivity index (χ4n) is 3.71. The van der Waals surface area contributed by atoms with Gasteiger partial charge in [0.15, 0.2) is 11.5 Å². The van der Waals surface area contributed by atoms with Gasteiger partial charge >= 0.3 is 0 Å². The molecule has 2 unspecified atom stereocenters. The zero-order valence-corrected chi connectivity index (χ0v) is 12.8. The van der Waals surface area contributed by atoms with E-state index in [2.05, 4.69) is 6.92 Å². The van der Waals surface area contributed by atoms with Gasteiger partial charge in [0.05, 0.1) is 0 Å². The second-order valence-electron chi connectivity index (χ2n) is 5.98. The Hall–Kier alpha value is -1.61. The van der Waals surface area contributed by atoms with Crippen molar-refractivity contribution in [3.8, 4) is 11.5 Å². The van der Waals surface area contributed by atoms with Crippen LogP contribution in [0, 0.1) is 5.92 Å². The number of hydrogen-bond donors (Lipinski definition) is 0. The number of ether oxygens (including phenoxy) is 2. The molecular formula is C17H16ClO3-. The molecule has 3 aliphatic rings. The molecule has 0 fully saturated rings. The monoisotopic (exact) mass is 303 g/mol. The molecule has 0 N–H and O–H groups in total. The second kappa shape index (κ2) is 4.44. The molecule has 1 aromatic rings. The van der Waals surface area contributed by atoms with Gasteiger partial charge in [-0.3, -0.25) is 0 Å². The smallest absolute Gasteiger partial charge is 0.231 e. The van der Waals surface area contributed by atoms with Crippen molar-refractivity contribution >= 4 is 22.9 Å². The van der Waals surface area contributed by atoms with Crippen molar-refractivity contribution in [2.24, 2.45) is 5.92 Å². The molecule has 0 spiro atoms. The van der Waals surface area contributed by atoms with Crippen LogP contribution in [-0.4, -0.2) is 12.2 Å². The normalized spacial score (nSPS) is 24.2. The summed E-state index contributed by atoms with van der Waals surface area (Å²) in [4.78, 5) is 0. The predicted molar refractivity (Wildman–Crippen MR) is 79.4 cm³/mol. The van der Waals surface area contributed by atoms with Crippen LogP contribution >= 0.6 is 11.6 Å². The predicted octanol–water partition coefficient (Wildman–Crippen LogP) is 1.40. The minimum absolute atomic E-state index is 0.0201. The van der Waals surface area contributed by atoms with Crippen LogP contribution in [0.5, 0.6) is 11.5 Å². The SMILES string of the molecule is CC1=C2CC([O-])=c3ccc4c(c3=C2C(C(C)Cl)C1)OCO4. The average Bonchev–Trinajstić information content (AvgIpc) is 3.04. The molecule has 4 rings (SSSR count). The standard InChI is InChI=1S/C17H17ClO3/c1-8-5-12(9(2)18)15-11(8)6-13(19)10-3-4-14-17(16(10)15)21-7-20-14/h3-4,9,12,19H,5-7H2,1-2H3/p-1. The van der Waals surface area contributed by atoms with Gasteiger partial charge in [-0.1, -0.05) is 11.6 Å². The van der Waals surface area contributed by atoms with E-state index in [1.165, 1.54) is 11.1 Å². The van der Waals surface area contributed by atoms with Crippen molar-refractivity contribution in [1.82, 2.24) is 0 Å². The van der Waals surface area contributed by atoms with Gasteiger partial charge in [0.1, 0.15) is 0 Å². The van der Waals surface area contributed by atoms with Gasteiger partial charge in [-0.2, -0.15) is 0 Å². The van der Waals surface area contributed by atoms with Crippen LogP contribution < -0.4 is 25.0 Å². The molecule has 110 valence electrons. The molecule has 0 saturated carbocycles. The Morgan fingerprint density at radius 2 is 2.14 bits per heavy atom. The van der Waals surface area contributed by atoms with Crippen LogP contribution in [0.2, 0.25) is 0 Å². The molecule has 0 bridgehead atoms. The Kier molecular flexibility index (Phi) is 2.77.